The molecule has 2 rings (SSSR count). The van der Waals surface area contributed by atoms with Crippen molar-refractivity contribution in [1.29, 1.82) is 0 Å². The van der Waals surface area contributed by atoms with E-state index in [9.17, 15) is 27.2 Å². The van der Waals surface area contributed by atoms with E-state index in [1.54, 1.807) is 0 Å². The maximum absolute atomic E-state index is 13.5. The fourth-order valence-electron chi connectivity index (χ4n) is 1.57. The molecule has 0 unspecified atom stereocenters. The Morgan fingerprint density at radius 1 is 0.778 bits per heavy atom. The molecule has 0 aliphatic rings. The van der Waals surface area contributed by atoms with E-state index in [1.807, 2.05) is 0 Å². The molecule has 0 aromatic heterocycles. The predicted molar refractivity (Wildman–Crippen MR) is 53.0 cm³/mol. The lowest BCUT2D eigenvalue weighted by Crippen LogP contribution is -2.32. The van der Waals surface area contributed by atoms with E-state index in [2.05, 4.69) is 0 Å². The zero-order chi connectivity index (χ0) is 13.8. The minimum absolute atomic E-state index is 0.808. The van der Waals surface area contributed by atoms with Crippen molar-refractivity contribution in [3.63, 3.8) is 0 Å². The molecule has 0 atom stereocenters. The monoisotopic (exact) mass is 260 g/mol. The Kier molecular flexibility index (Phi) is 2.50. The van der Waals surface area contributed by atoms with Crippen LogP contribution in [0.1, 0.15) is 5.56 Å². The van der Waals surface area contributed by atoms with Crippen molar-refractivity contribution in [2.45, 2.75) is 6.92 Å². The average Bonchev–Trinajstić information content (AvgIpc) is 2.37. The number of rotatable bonds is 1. The number of aromatic hydroxyl groups is 1. The van der Waals surface area contributed by atoms with Crippen molar-refractivity contribution in [3.05, 3.63) is 49.3 Å². The number of hydrogen-bond acceptors (Lipinski definition) is 3. The summed E-state index contributed by atoms with van der Waals surface area (Å²) >= 11 is 0. The van der Waals surface area contributed by atoms with Gasteiger partial charge in [0.2, 0.25) is 5.43 Å². The molecule has 0 saturated heterocycles. The molecule has 0 bridgehead atoms. The van der Waals surface area contributed by atoms with E-state index in [-0.39, 0.29) is 0 Å². The van der Waals surface area contributed by atoms with Crippen LogP contribution >= 0.6 is 0 Å². The lowest BCUT2D eigenvalue weighted by Gasteiger charge is -2.11. The number of hydrogen-bond donors (Lipinski definition) is 1. The molecule has 18 heavy (non-hydrogen) atoms. The van der Waals surface area contributed by atoms with Crippen molar-refractivity contribution in [2.75, 3.05) is 0 Å². The van der Waals surface area contributed by atoms with Crippen LogP contribution in [0.25, 0.3) is 11.1 Å². The maximum Gasteiger partial charge on any atom is 0.268 e. The van der Waals surface area contributed by atoms with E-state index >= 15 is 0 Å². The molecule has 0 aliphatic heterocycles. The van der Waals surface area contributed by atoms with Gasteiger partial charge in [-0.25, -0.2) is 17.6 Å². The number of halogens is 4. The molecule has 2 aromatic carbocycles. The van der Waals surface area contributed by atoms with Gasteiger partial charge < -0.3 is 5.11 Å². The standard InChI is InChI=1S/C11H4F4O3/c1-2-5(12)7(14)3(8(15)6(2)13)4-9(16)11(18)10(4)17/h16H,1H3. The Labute approximate surface area is 96.6 Å². The van der Waals surface area contributed by atoms with Gasteiger partial charge in [-0.15, -0.1) is 0 Å². The summed E-state index contributed by atoms with van der Waals surface area (Å²) in [6.45, 7) is 0.808. The Morgan fingerprint density at radius 2 is 1.22 bits per heavy atom. The van der Waals surface area contributed by atoms with E-state index in [0.29, 0.717) is 0 Å². The summed E-state index contributed by atoms with van der Waals surface area (Å²) in [4.78, 5) is 21.8. The van der Waals surface area contributed by atoms with Gasteiger partial charge in [0.05, 0.1) is 11.1 Å². The van der Waals surface area contributed by atoms with Gasteiger partial charge in [-0.3, -0.25) is 9.59 Å². The van der Waals surface area contributed by atoms with E-state index in [4.69, 9.17) is 5.11 Å². The molecular weight excluding hydrogens is 256 g/mol. The van der Waals surface area contributed by atoms with Crippen LogP contribution in [0.3, 0.4) is 0 Å². The highest BCUT2D eigenvalue weighted by molar-refractivity contribution is 5.74. The Hall–Kier alpha value is -2.18. The lowest BCUT2D eigenvalue weighted by atomic mass is 9.97. The van der Waals surface area contributed by atoms with Crippen molar-refractivity contribution in [1.82, 2.24) is 0 Å². The van der Waals surface area contributed by atoms with Crippen LogP contribution < -0.4 is 10.9 Å². The normalized spacial score (nSPS) is 11.2. The summed E-state index contributed by atoms with van der Waals surface area (Å²) in [6.07, 6.45) is 0. The highest BCUT2D eigenvalue weighted by Crippen LogP contribution is 2.33. The quantitative estimate of drug-likeness (QED) is 0.480. The van der Waals surface area contributed by atoms with Gasteiger partial charge in [0.25, 0.3) is 5.43 Å². The van der Waals surface area contributed by atoms with Crippen LogP contribution in [0.4, 0.5) is 17.6 Å². The molecule has 0 heterocycles. The summed E-state index contributed by atoms with van der Waals surface area (Å²) in [5.74, 6) is -8.23. The minimum Gasteiger partial charge on any atom is -0.503 e. The zero-order valence-electron chi connectivity index (χ0n) is 8.78. The van der Waals surface area contributed by atoms with Crippen molar-refractivity contribution >= 4 is 0 Å². The van der Waals surface area contributed by atoms with E-state index < -0.39 is 56.6 Å². The van der Waals surface area contributed by atoms with Crippen LogP contribution in [0.15, 0.2) is 9.59 Å². The SMILES string of the molecule is Cc1c(F)c(F)c(-c2c(O)c(=O)c2=O)c(F)c1F. The zero-order valence-corrected chi connectivity index (χ0v) is 8.78. The first kappa shape index (κ1) is 12.3. The molecule has 0 amide bonds. The Bertz CT molecular complexity index is 713. The topological polar surface area (TPSA) is 54.4 Å². The fraction of sp³-hybridized carbons (Fsp3) is 0.0909. The molecule has 3 nitrogen and oxygen atoms in total. The minimum atomic E-state index is -1.83. The van der Waals surface area contributed by atoms with Crippen LogP contribution in [-0.4, -0.2) is 5.11 Å². The first-order valence-corrected chi connectivity index (χ1v) is 4.64. The predicted octanol–water partition coefficient (Wildman–Crippen LogP) is 1.52. The van der Waals surface area contributed by atoms with Crippen molar-refractivity contribution < 1.29 is 22.7 Å². The first-order valence-electron chi connectivity index (χ1n) is 4.64. The molecule has 0 fully saturated rings. The van der Waals surface area contributed by atoms with Gasteiger partial charge in [0.1, 0.15) is 0 Å². The molecule has 0 aliphatic carbocycles. The summed E-state index contributed by atoms with van der Waals surface area (Å²) in [6, 6.07) is 0. The summed E-state index contributed by atoms with van der Waals surface area (Å²) in [7, 11) is 0. The molecule has 0 saturated carbocycles. The smallest absolute Gasteiger partial charge is 0.268 e. The Morgan fingerprint density at radius 3 is 1.61 bits per heavy atom. The highest BCUT2D eigenvalue weighted by Gasteiger charge is 2.31. The molecule has 1 N–H and O–H groups in total. The van der Waals surface area contributed by atoms with Gasteiger partial charge in [-0.05, 0) is 6.92 Å². The molecule has 0 spiro atoms. The summed E-state index contributed by atoms with van der Waals surface area (Å²) in [5, 5.41) is 9.03. The first-order chi connectivity index (χ1) is 8.29. The molecule has 94 valence electrons. The largest absolute Gasteiger partial charge is 0.503 e. The van der Waals surface area contributed by atoms with Crippen molar-refractivity contribution in [3.8, 4) is 16.9 Å². The summed E-state index contributed by atoms with van der Waals surface area (Å²) in [5.41, 5.74) is -6.06. The van der Waals surface area contributed by atoms with Gasteiger partial charge >= 0.3 is 0 Å². The van der Waals surface area contributed by atoms with Crippen LogP contribution in [0, 0.1) is 30.2 Å². The second-order valence-corrected chi connectivity index (χ2v) is 3.64. The van der Waals surface area contributed by atoms with Gasteiger partial charge in [0.15, 0.2) is 29.0 Å². The third-order valence-corrected chi connectivity index (χ3v) is 2.62. The van der Waals surface area contributed by atoms with Gasteiger partial charge in [-0.2, -0.15) is 0 Å². The van der Waals surface area contributed by atoms with E-state index in [1.165, 1.54) is 0 Å². The van der Waals surface area contributed by atoms with Crippen LogP contribution in [0.2, 0.25) is 0 Å². The van der Waals surface area contributed by atoms with Gasteiger partial charge in [-0.1, -0.05) is 0 Å². The van der Waals surface area contributed by atoms with E-state index in [0.717, 1.165) is 6.92 Å². The number of benzene rings is 1. The van der Waals surface area contributed by atoms with Crippen LogP contribution in [-0.2, 0) is 0 Å². The lowest BCUT2D eigenvalue weighted by molar-refractivity contribution is 0.442. The highest BCUT2D eigenvalue weighted by atomic mass is 19.2. The average molecular weight is 260 g/mol. The molecule has 2 aromatic rings. The molecular formula is C11H4F4O3. The summed E-state index contributed by atoms with van der Waals surface area (Å²) < 4.78 is 53.4. The molecule has 7 heteroatoms. The third kappa shape index (κ3) is 1.30. The maximum atomic E-state index is 13.5. The third-order valence-electron chi connectivity index (χ3n) is 2.62. The van der Waals surface area contributed by atoms with Crippen molar-refractivity contribution in [2.24, 2.45) is 0 Å². The Balaban J connectivity index is 2.91. The second kappa shape index (κ2) is 3.66. The second-order valence-electron chi connectivity index (χ2n) is 3.64. The van der Waals surface area contributed by atoms with Gasteiger partial charge in [0, 0.05) is 5.56 Å². The van der Waals surface area contributed by atoms with Crippen LogP contribution in [0.5, 0.6) is 5.75 Å². The molecule has 0 radical (unpaired) electrons. The fourth-order valence-corrected chi connectivity index (χ4v) is 1.57.